The van der Waals surface area contributed by atoms with Crippen molar-refractivity contribution in [1.82, 2.24) is 9.78 Å². The van der Waals surface area contributed by atoms with Crippen LogP contribution in [0.25, 0.3) is 0 Å². The maximum Gasteiger partial charge on any atom is 0.0857 e. The number of aryl methyl sites for hydroxylation is 1. The molecule has 1 aromatic carbocycles. The van der Waals surface area contributed by atoms with Crippen molar-refractivity contribution in [1.29, 1.82) is 0 Å². The minimum absolute atomic E-state index is 0.395. The number of hydrogen-bond acceptors (Lipinski definition) is 2. The summed E-state index contributed by atoms with van der Waals surface area (Å²) < 4.78 is 2.91. The maximum atomic E-state index is 10.4. The fourth-order valence-corrected chi connectivity index (χ4v) is 2.66. The summed E-state index contributed by atoms with van der Waals surface area (Å²) in [5.74, 6) is 0. The van der Waals surface area contributed by atoms with E-state index in [1.807, 2.05) is 42.1 Å². The van der Waals surface area contributed by atoms with Crippen LogP contribution in [0.2, 0.25) is 0 Å². The molecule has 0 aliphatic carbocycles. The van der Waals surface area contributed by atoms with Crippen LogP contribution < -0.4 is 0 Å². The van der Waals surface area contributed by atoms with Crippen molar-refractivity contribution < 1.29 is 5.11 Å². The number of nitrogens with zero attached hydrogens (tertiary/aromatic N) is 2. The molecule has 108 valence electrons. The monoisotopic (exact) mass is 336 g/mol. The molecular formula is C16H21BrN2O. The highest BCUT2D eigenvalue weighted by atomic mass is 79.9. The Balaban J connectivity index is 2.13. The van der Waals surface area contributed by atoms with E-state index in [1.165, 1.54) is 0 Å². The Hall–Kier alpha value is -1.13. The van der Waals surface area contributed by atoms with E-state index in [0.29, 0.717) is 12.5 Å². The van der Waals surface area contributed by atoms with Gasteiger partial charge in [-0.1, -0.05) is 40.5 Å². The minimum atomic E-state index is -0.537. The van der Waals surface area contributed by atoms with Crippen molar-refractivity contribution in [3.05, 3.63) is 51.8 Å². The Bertz CT molecular complexity index is 580. The van der Waals surface area contributed by atoms with Gasteiger partial charge >= 0.3 is 0 Å². The third-order valence-corrected chi connectivity index (χ3v) is 4.34. The molecule has 4 heteroatoms. The Labute approximate surface area is 128 Å². The van der Waals surface area contributed by atoms with E-state index in [1.54, 1.807) is 0 Å². The summed E-state index contributed by atoms with van der Waals surface area (Å²) in [6.07, 6.45) is 3.03. The lowest BCUT2D eigenvalue weighted by atomic mass is 10.0. The Morgan fingerprint density at radius 3 is 2.80 bits per heavy atom. The van der Waals surface area contributed by atoms with Gasteiger partial charge in [0, 0.05) is 23.1 Å². The van der Waals surface area contributed by atoms with Gasteiger partial charge in [0.05, 0.1) is 11.8 Å². The third kappa shape index (κ3) is 3.49. The number of aliphatic hydroxyl groups is 1. The second kappa shape index (κ2) is 6.55. The summed E-state index contributed by atoms with van der Waals surface area (Å²) in [6.45, 7) is 6.31. The molecule has 1 N–H and O–H groups in total. The van der Waals surface area contributed by atoms with Gasteiger partial charge in [0.25, 0.3) is 0 Å². The first-order chi connectivity index (χ1) is 9.51. The fourth-order valence-electron chi connectivity index (χ4n) is 2.15. The van der Waals surface area contributed by atoms with Crippen LogP contribution in [0.4, 0.5) is 0 Å². The molecule has 20 heavy (non-hydrogen) atoms. The fraction of sp³-hybridized carbons (Fsp3) is 0.438. The highest BCUT2D eigenvalue weighted by molar-refractivity contribution is 9.10. The number of rotatable bonds is 5. The van der Waals surface area contributed by atoms with Crippen LogP contribution in [0.15, 0.2) is 34.9 Å². The van der Waals surface area contributed by atoms with Crippen molar-refractivity contribution in [2.45, 2.75) is 45.8 Å². The van der Waals surface area contributed by atoms with E-state index < -0.39 is 6.10 Å². The molecule has 0 saturated heterocycles. The van der Waals surface area contributed by atoms with E-state index >= 15 is 0 Å². The van der Waals surface area contributed by atoms with Gasteiger partial charge in [0.15, 0.2) is 0 Å². The SMILES string of the molecule is CCC(C)n1ccc(CC(O)c2cc(C)ccc2Br)n1. The average molecular weight is 337 g/mol. The van der Waals surface area contributed by atoms with Gasteiger partial charge in [0.2, 0.25) is 0 Å². The minimum Gasteiger partial charge on any atom is -0.388 e. The van der Waals surface area contributed by atoms with Crippen LogP contribution in [-0.2, 0) is 6.42 Å². The van der Waals surface area contributed by atoms with Gasteiger partial charge in [0.1, 0.15) is 0 Å². The van der Waals surface area contributed by atoms with E-state index in [-0.39, 0.29) is 0 Å². The van der Waals surface area contributed by atoms with Gasteiger partial charge in [-0.05, 0) is 38.0 Å². The van der Waals surface area contributed by atoms with Gasteiger partial charge in [-0.2, -0.15) is 5.10 Å². The molecule has 2 atom stereocenters. The number of hydrogen-bond donors (Lipinski definition) is 1. The summed E-state index contributed by atoms with van der Waals surface area (Å²) >= 11 is 3.50. The van der Waals surface area contributed by atoms with Crippen LogP contribution in [0.3, 0.4) is 0 Å². The number of aromatic nitrogens is 2. The van der Waals surface area contributed by atoms with Gasteiger partial charge < -0.3 is 5.11 Å². The largest absolute Gasteiger partial charge is 0.388 e. The van der Waals surface area contributed by atoms with Crippen LogP contribution in [-0.4, -0.2) is 14.9 Å². The molecule has 0 aliphatic rings. The van der Waals surface area contributed by atoms with Crippen molar-refractivity contribution in [3.8, 4) is 0 Å². The highest BCUT2D eigenvalue weighted by Gasteiger charge is 2.14. The first-order valence-electron chi connectivity index (χ1n) is 6.99. The molecule has 1 heterocycles. The molecule has 0 fully saturated rings. The number of benzene rings is 1. The highest BCUT2D eigenvalue weighted by Crippen LogP contribution is 2.27. The average Bonchev–Trinajstić information content (AvgIpc) is 2.89. The van der Waals surface area contributed by atoms with E-state index in [2.05, 4.69) is 34.9 Å². The molecule has 0 bridgehead atoms. The van der Waals surface area contributed by atoms with Crippen LogP contribution in [0.1, 0.15) is 49.2 Å². The lowest BCUT2D eigenvalue weighted by molar-refractivity contribution is 0.176. The number of aliphatic hydroxyl groups excluding tert-OH is 1. The summed E-state index contributed by atoms with van der Waals surface area (Å²) in [6, 6.07) is 8.40. The van der Waals surface area contributed by atoms with Crippen LogP contribution in [0.5, 0.6) is 0 Å². The first-order valence-corrected chi connectivity index (χ1v) is 7.78. The molecular weight excluding hydrogens is 316 g/mol. The van der Waals surface area contributed by atoms with Gasteiger partial charge in [-0.3, -0.25) is 4.68 Å². The molecule has 2 aromatic rings. The van der Waals surface area contributed by atoms with E-state index in [9.17, 15) is 5.11 Å². The zero-order chi connectivity index (χ0) is 14.7. The second-order valence-electron chi connectivity index (χ2n) is 5.29. The smallest absolute Gasteiger partial charge is 0.0857 e. The summed E-state index contributed by atoms with van der Waals surface area (Å²) in [7, 11) is 0. The van der Waals surface area contributed by atoms with Crippen molar-refractivity contribution in [2.75, 3.05) is 0 Å². The molecule has 2 rings (SSSR count). The molecule has 0 aliphatic heterocycles. The Morgan fingerprint density at radius 2 is 2.10 bits per heavy atom. The maximum absolute atomic E-state index is 10.4. The quantitative estimate of drug-likeness (QED) is 0.888. The topological polar surface area (TPSA) is 38.0 Å². The third-order valence-electron chi connectivity index (χ3n) is 3.62. The van der Waals surface area contributed by atoms with Crippen LogP contribution in [0, 0.1) is 6.92 Å². The van der Waals surface area contributed by atoms with Crippen molar-refractivity contribution in [2.24, 2.45) is 0 Å². The summed E-state index contributed by atoms with van der Waals surface area (Å²) in [5.41, 5.74) is 2.99. The summed E-state index contributed by atoms with van der Waals surface area (Å²) in [4.78, 5) is 0. The standard InChI is InChI=1S/C16H21BrN2O/c1-4-12(3)19-8-7-13(18-19)10-16(20)14-9-11(2)5-6-15(14)17/h5-9,12,16,20H,4,10H2,1-3H3. The van der Waals surface area contributed by atoms with Crippen LogP contribution >= 0.6 is 15.9 Å². The molecule has 0 spiro atoms. The molecule has 0 amide bonds. The van der Waals surface area contributed by atoms with E-state index in [4.69, 9.17) is 0 Å². The van der Waals surface area contributed by atoms with E-state index in [0.717, 1.165) is 27.7 Å². The van der Waals surface area contributed by atoms with Gasteiger partial charge in [-0.25, -0.2) is 0 Å². The normalized spacial score (nSPS) is 14.2. The molecule has 0 radical (unpaired) electrons. The molecule has 3 nitrogen and oxygen atoms in total. The molecule has 1 aromatic heterocycles. The van der Waals surface area contributed by atoms with Gasteiger partial charge in [-0.15, -0.1) is 0 Å². The number of halogens is 1. The first kappa shape index (κ1) is 15.3. The summed E-state index contributed by atoms with van der Waals surface area (Å²) in [5, 5.41) is 14.9. The zero-order valence-electron chi connectivity index (χ0n) is 12.2. The van der Waals surface area contributed by atoms with Crippen molar-refractivity contribution >= 4 is 15.9 Å². The predicted octanol–water partition coefficient (Wildman–Crippen LogP) is 4.20. The molecule has 2 unspecified atom stereocenters. The predicted molar refractivity (Wildman–Crippen MR) is 84.8 cm³/mol. The lowest BCUT2D eigenvalue weighted by Gasteiger charge is -2.13. The Kier molecular flexibility index (Phi) is 5.00. The lowest BCUT2D eigenvalue weighted by Crippen LogP contribution is -2.07. The van der Waals surface area contributed by atoms with Crippen molar-refractivity contribution in [3.63, 3.8) is 0 Å². The second-order valence-corrected chi connectivity index (χ2v) is 6.14. The Morgan fingerprint density at radius 1 is 1.35 bits per heavy atom. The molecule has 0 saturated carbocycles. The zero-order valence-corrected chi connectivity index (χ0v) is 13.8.